The van der Waals surface area contributed by atoms with Gasteiger partial charge in [0.2, 0.25) is 0 Å². The third-order valence-electron chi connectivity index (χ3n) is 4.56. The van der Waals surface area contributed by atoms with Crippen molar-refractivity contribution in [2.24, 2.45) is 0 Å². The first-order chi connectivity index (χ1) is 10.3. The zero-order valence-corrected chi connectivity index (χ0v) is 15.4. The van der Waals surface area contributed by atoms with Crippen LogP contribution in [0.5, 0.6) is 0 Å². The third-order valence-corrected chi connectivity index (χ3v) is 6.36. The van der Waals surface area contributed by atoms with Crippen molar-refractivity contribution >= 4 is 33.9 Å². The van der Waals surface area contributed by atoms with Crippen LogP contribution in [0.1, 0.15) is 60.8 Å². The van der Waals surface area contributed by atoms with Crippen molar-refractivity contribution in [2.75, 3.05) is 7.05 Å². The Balaban J connectivity index is 1.78. The fraction of sp³-hybridized carbons (Fsp3) is 0.444. The minimum absolute atomic E-state index is 0.310. The second kappa shape index (κ2) is 7.25. The molecule has 1 aromatic carbocycles. The molecule has 3 rings (SSSR count). The van der Waals surface area contributed by atoms with Gasteiger partial charge in [0.1, 0.15) is 0 Å². The van der Waals surface area contributed by atoms with Crippen LogP contribution in [0.25, 0.3) is 0 Å². The van der Waals surface area contributed by atoms with E-state index in [2.05, 4.69) is 63.6 Å². The monoisotopic (exact) mass is 411 g/mol. The summed E-state index contributed by atoms with van der Waals surface area (Å²) in [6.07, 6.45) is 6.97. The summed E-state index contributed by atoms with van der Waals surface area (Å²) in [5.41, 5.74) is 4.27. The molecule has 21 heavy (non-hydrogen) atoms. The highest BCUT2D eigenvalue weighted by molar-refractivity contribution is 14.1. The molecule has 0 bridgehead atoms. The lowest BCUT2D eigenvalue weighted by Crippen LogP contribution is -2.17. The number of benzene rings is 1. The average molecular weight is 411 g/mol. The zero-order chi connectivity index (χ0) is 14.7. The van der Waals surface area contributed by atoms with Crippen LogP contribution in [-0.2, 0) is 0 Å². The molecular weight excluding hydrogens is 389 g/mol. The Labute approximate surface area is 145 Å². The van der Waals surface area contributed by atoms with Crippen LogP contribution >= 0.6 is 33.9 Å². The summed E-state index contributed by atoms with van der Waals surface area (Å²) >= 11 is 4.21. The van der Waals surface area contributed by atoms with E-state index in [4.69, 9.17) is 0 Å². The standard InChI is InChI=1S/C18H22INS/c1-20-18(16-11-17(19)21-12-16)15-9-7-14(8-10-15)13-5-3-2-4-6-13/h7-13,18,20H,2-6H2,1H3. The Morgan fingerprint density at radius 2 is 1.81 bits per heavy atom. The molecule has 112 valence electrons. The van der Waals surface area contributed by atoms with Gasteiger partial charge in [-0.05, 0) is 76.5 Å². The second-order valence-electron chi connectivity index (χ2n) is 5.91. The summed E-state index contributed by atoms with van der Waals surface area (Å²) in [4.78, 5) is 0. The van der Waals surface area contributed by atoms with Gasteiger partial charge in [0, 0.05) is 0 Å². The molecule has 0 radical (unpaired) electrons. The Bertz CT molecular complexity index is 569. The maximum absolute atomic E-state index is 3.45. The summed E-state index contributed by atoms with van der Waals surface area (Å²) in [5, 5.41) is 5.71. The quantitative estimate of drug-likeness (QED) is 0.636. The van der Waals surface area contributed by atoms with Gasteiger partial charge < -0.3 is 5.32 Å². The van der Waals surface area contributed by atoms with Crippen LogP contribution in [-0.4, -0.2) is 7.05 Å². The van der Waals surface area contributed by atoms with E-state index in [1.54, 1.807) is 0 Å². The third kappa shape index (κ3) is 3.69. The van der Waals surface area contributed by atoms with Gasteiger partial charge in [-0.1, -0.05) is 43.5 Å². The molecule has 1 aromatic heterocycles. The largest absolute Gasteiger partial charge is 0.309 e. The molecule has 1 N–H and O–H groups in total. The van der Waals surface area contributed by atoms with Crippen LogP contribution in [0.2, 0.25) is 0 Å². The van der Waals surface area contributed by atoms with E-state index in [1.165, 1.54) is 51.7 Å². The summed E-state index contributed by atoms with van der Waals surface area (Å²) < 4.78 is 1.35. The van der Waals surface area contributed by atoms with Gasteiger partial charge in [0.25, 0.3) is 0 Å². The van der Waals surface area contributed by atoms with E-state index in [9.17, 15) is 0 Å². The van der Waals surface area contributed by atoms with Crippen molar-refractivity contribution in [1.29, 1.82) is 0 Å². The Morgan fingerprint density at radius 1 is 1.10 bits per heavy atom. The van der Waals surface area contributed by atoms with E-state index in [-0.39, 0.29) is 0 Å². The number of nitrogens with one attached hydrogen (secondary N) is 1. The van der Waals surface area contributed by atoms with Gasteiger partial charge in [-0.15, -0.1) is 11.3 Å². The van der Waals surface area contributed by atoms with Crippen molar-refractivity contribution in [1.82, 2.24) is 5.32 Å². The predicted octanol–water partition coefficient (Wildman–Crippen LogP) is 5.71. The molecule has 1 fully saturated rings. The lowest BCUT2D eigenvalue weighted by atomic mass is 9.83. The highest BCUT2D eigenvalue weighted by Gasteiger charge is 2.17. The SMILES string of the molecule is CNC(c1ccc(C2CCCCC2)cc1)c1csc(I)c1. The molecule has 0 aliphatic heterocycles. The molecule has 0 spiro atoms. The minimum Gasteiger partial charge on any atom is -0.309 e. The molecule has 0 amide bonds. The van der Waals surface area contributed by atoms with Gasteiger partial charge in [-0.2, -0.15) is 0 Å². The van der Waals surface area contributed by atoms with Crippen LogP contribution in [0.4, 0.5) is 0 Å². The van der Waals surface area contributed by atoms with E-state index in [1.807, 2.05) is 18.4 Å². The fourth-order valence-electron chi connectivity index (χ4n) is 3.40. The molecule has 2 aromatic rings. The minimum atomic E-state index is 0.310. The first kappa shape index (κ1) is 15.5. The molecule has 1 saturated carbocycles. The molecule has 1 unspecified atom stereocenters. The van der Waals surface area contributed by atoms with Crippen LogP contribution in [0.3, 0.4) is 0 Å². The van der Waals surface area contributed by atoms with Gasteiger partial charge in [-0.25, -0.2) is 0 Å². The highest BCUT2D eigenvalue weighted by Crippen LogP contribution is 2.34. The first-order valence-corrected chi connectivity index (χ1v) is 9.75. The van der Waals surface area contributed by atoms with E-state index in [0.717, 1.165) is 5.92 Å². The lowest BCUT2D eigenvalue weighted by Gasteiger charge is -2.23. The number of hydrogen-bond donors (Lipinski definition) is 1. The number of halogens is 1. The van der Waals surface area contributed by atoms with E-state index < -0.39 is 0 Å². The van der Waals surface area contributed by atoms with Crippen LogP contribution < -0.4 is 5.32 Å². The molecule has 3 heteroatoms. The Morgan fingerprint density at radius 3 is 2.38 bits per heavy atom. The van der Waals surface area contributed by atoms with Crippen molar-refractivity contribution in [3.05, 3.63) is 55.3 Å². The number of rotatable bonds is 4. The molecule has 1 aliphatic carbocycles. The van der Waals surface area contributed by atoms with Crippen molar-refractivity contribution in [2.45, 2.75) is 44.1 Å². The van der Waals surface area contributed by atoms with E-state index >= 15 is 0 Å². The maximum atomic E-state index is 3.45. The first-order valence-electron chi connectivity index (χ1n) is 7.79. The van der Waals surface area contributed by atoms with Crippen molar-refractivity contribution in [3.8, 4) is 0 Å². The molecule has 1 heterocycles. The maximum Gasteiger partial charge on any atom is 0.0656 e. The highest BCUT2D eigenvalue weighted by atomic mass is 127. The topological polar surface area (TPSA) is 12.0 Å². The number of thiophene rings is 1. The molecular formula is C18H22INS. The fourth-order valence-corrected chi connectivity index (χ4v) is 4.80. The Kier molecular flexibility index (Phi) is 5.35. The van der Waals surface area contributed by atoms with E-state index in [0.29, 0.717) is 6.04 Å². The van der Waals surface area contributed by atoms with Gasteiger partial charge in [-0.3, -0.25) is 0 Å². The normalized spacial score (nSPS) is 17.8. The lowest BCUT2D eigenvalue weighted by molar-refractivity contribution is 0.443. The van der Waals surface area contributed by atoms with Crippen molar-refractivity contribution in [3.63, 3.8) is 0 Å². The number of hydrogen-bond acceptors (Lipinski definition) is 2. The molecule has 0 saturated heterocycles. The van der Waals surface area contributed by atoms with Crippen LogP contribution in [0.15, 0.2) is 35.7 Å². The van der Waals surface area contributed by atoms with Crippen LogP contribution in [0, 0.1) is 2.88 Å². The van der Waals surface area contributed by atoms with Gasteiger partial charge in [0.05, 0.1) is 8.93 Å². The zero-order valence-electron chi connectivity index (χ0n) is 12.4. The summed E-state index contributed by atoms with van der Waals surface area (Å²) in [7, 11) is 2.05. The average Bonchev–Trinajstić information content (AvgIpc) is 2.96. The van der Waals surface area contributed by atoms with Gasteiger partial charge >= 0.3 is 0 Å². The summed E-state index contributed by atoms with van der Waals surface area (Å²) in [6.45, 7) is 0. The smallest absolute Gasteiger partial charge is 0.0656 e. The Hall–Kier alpha value is -0.390. The molecule has 1 nitrogen and oxygen atoms in total. The second-order valence-corrected chi connectivity index (χ2v) is 8.71. The van der Waals surface area contributed by atoms with Gasteiger partial charge in [0.15, 0.2) is 0 Å². The summed E-state index contributed by atoms with van der Waals surface area (Å²) in [6, 6.07) is 11.9. The predicted molar refractivity (Wildman–Crippen MR) is 100 cm³/mol. The molecule has 1 atom stereocenters. The molecule has 1 aliphatic rings. The summed E-state index contributed by atoms with van der Waals surface area (Å²) in [5.74, 6) is 0.794. The van der Waals surface area contributed by atoms with Crippen molar-refractivity contribution < 1.29 is 0 Å².